The lowest BCUT2D eigenvalue weighted by atomic mass is 9.67. The quantitative estimate of drug-likeness (QED) is 0.0915. The van der Waals surface area contributed by atoms with E-state index in [1.807, 2.05) is 0 Å². The van der Waals surface area contributed by atoms with Gasteiger partial charge >= 0.3 is 8.60 Å². The molecule has 0 atom stereocenters. The Labute approximate surface area is 417 Å². The van der Waals surface area contributed by atoms with Crippen LogP contribution in [0, 0.1) is 42.4 Å². The smallest absolute Gasteiger partial charge is 0.324 e. The van der Waals surface area contributed by atoms with Crippen LogP contribution in [0.15, 0.2) is 66.7 Å². The van der Waals surface area contributed by atoms with Gasteiger partial charge < -0.3 is 19.4 Å². The van der Waals surface area contributed by atoms with E-state index in [1.54, 1.807) is 0 Å². The standard InChI is InChI=1S/C63H92O.H3O3P/c1-37(2)58(14,15)46-29-44-31-52(60(18,19)39(5)6)50(35-48(44)53(33-46)61(20,21)40(7)8)51-28-43(13)26-27-56(51)64-57-36-49-45(32-55(57)63(24,25)42(11)12)30-47(59(16,17)38(3)4)34-54(49)62(22,23)41(9)10;1-4(2)3/h26-42H,1-25H3;1-3H. The fourth-order valence-electron chi connectivity index (χ4n) is 8.93. The molecule has 0 amide bonds. The van der Waals surface area contributed by atoms with Gasteiger partial charge in [0.15, 0.2) is 0 Å². The molecule has 5 rings (SSSR count). The zero-order valence-corrected chi connectivity index (χ0v) is 48.4. The lowest BCUT2D eigenvalue weighted by molar-refractivity contribution is 0.354. The molecule has 3 N–H and O–H groups in total. The van der Waals surface area contributed by atoms with Crippen molar-refractivity contribution in [3.63, 3.8) is 0 Å². The molecular formula is C63H95O4P. The normalized spacial score (nSPS) is 13.6. The molecule has 0 aliphatic heterocycles. The Morgan fingerprint density at radius 3 is 1.09 bits per heavy atom. The van der Waals surface area contributed by atoms with Crippen molar-refractivity contribution in [2.75, 3.05) is 0 Å². The minimum absolute atomic E-state index is 0.0213. The number of rotatable bonds is 15. The Bertz CT molecular complexity index is 2560. The van der Waals surface area contributed by atoms with Gasteiger partial charge in [0.1, 0.15) is 11.5 Å². The molecule has 0 spiro atoms. The molecule has 0 saturated carbocycles. The molecule has 0 fully saturated rings. The summed E-state index contributed by atoms with van der Waals surface area (Å²) in [6.45, 7) is 59.8. The molecule has 0 unspecified atom stereocenters. The lowest BCUT2D eigenvalue weighted by Gasteiger charge is -2.37. The second-order valence-electron chi connectivity index (χ2n) is 25.9. The van der Waals surface area contributed by atoms with Gasteiger partial charge in [0.25, 0.3) is 0 Å². The number of hydrogen-bond acceptors (Lipinski definition) is 4. The second kappa shape index (κ2) is 20.5. The monoisotopic (exact) mass is 947 g/mol. The average molecular weight is 947 g/mol. The topological polar surface area (TPSA) is 69.9 Å². The SMILES string of the molecule is Cc1ccc(Oc2cc3c(C(C)(C)C(C)C)cc(C(C)(C)C(C)C)cc3cc2C(C)(C)C(C)C)c(-c2cc3c(C(C)(C)C(C)C)cc(C(C)(C)C(C)C)cc3cc2C(C)(C)C(C)C)c1.OP(O)O. The summed E-state index contributed by atoms with van der Waals surface area (Å²) in [5.74, 6) is 4.56. The van der Waals surface area contributed by atoms with Crippen molar-refractivity contribution < 1.29 is 19.4 Å². The summed E-state index contributed by atoms with van der Waals surface area (Å²) in [4.78, 5) is 21.7. The van der Waals surface area contributed by atoms with Gasteiger partial charge in [0.05, 0.1) is 0 Å². The van der Waals surface area contributed by atoms with Crippen molar-refractivity contribution >= 4 is 30.1 Å². The maximum absolute atomic E-state index is 7.62. The van der Waals surface area contributed by atoms with Crippen LogP contribution in [0.2, 0.25) is 0 Å². The third kappa shape index (κ3) is 11.3. The van der Waals surface area contributed by atoms with Gasteiger partial charge in [-0.25, -0.2) is 0 Å². The first-order valence-electron chi connectivity index (χ1n) is 25.8. The maximum atomic E-state index is 7.62. The van der Waals surface area contributed by atoms with Crippen molar-refractivity contribution in [3.8, 4) is 22.6 Å². The van der Waals surface area contributed by atoms with E-state index in [0.717, 1.165) is 17.1 Å². The first-order valence-corrected chi connectivity index (χ1v) is 27.0. The second-order valence-corrected chi connectivity index (χ2v) is 26.4. The van der Waals surface area contributed by atoms with Crippen molar-refractivity contribution in [2.24, 2.45) is 35.5 Å². The summed E-state index contributed by atoms with van der Waals surface area (Å²) in [6.07, 6.45) is 0. The van der Waals surface area contributed by atoms with Crippen molar-refractivity contribution in [2.45, 2.75) is 206 Å². The largest absolute Gasteiger partial charge is 0.456 e. The molecule has 4 nitrogen and oxygen atoms in total. The minimum Gasteiger partial charge on any atom is -0.456 e. The molecule has 0 aliphatic carbocycles. The summed E-state index contributed by atoms with van der Waals surface area (Å²) < 4.78 is 7.62. The number of ether oxygens (including phenoxy) is 1. The zero-order chi connectivity index (χ0) is 52.2. The van der Waals surface area contributed by atoms with Gasteiger partial charge in [-0.1, -0.05) is 202 Å². The Morgan fingerprint density at radius 2 is 0.706 bits per heavy atom. The Kier molecular flexibility index (Phi) is 17.2. The van der Waals surface area contributed by atoms with E-state index in [9.17, 15) is 0 Å². The summed E-state index contributed by atoms with van der Waals surface area (Å²) in [6, 6.07) is 27.0. The van der Waals surface area contributed by atoms with Crippen LogP contribution in [-0.4, -0.2) is 14.7 Å². The molecule has 0 heterocycles. The molecule has 0 radical (unpaired) electrons. The van der Waals surface area contributed by atoms with Crippen LogP contribution in [0.5, 0.6) is 11.5 Å². The molecule has 0 aliphatic rings. The molecule has 0 aromatic heterocycles. The number of hydrogen-bond donors (Lipinski definition) is 3. The molecule has 5 aromatic rings. The molecule has 0 bridgehead atoms. The van der Waals surface area contributed by atoms with Gasteiger partial charge in [-0.05, 0) is 166 Å². The fraction of sp³-hybridized carbons (Fsp3) is 0.587. The Morgan fingerprint density at radius 1 is 0.368 bits per heavy atom. The van der Waals surface area contributed by atoms with Crippen molar-refractivity contribution in [1.82, 2.24) is 0 Å². The average Bonchev–Trinajstić information content (AvgIpc) is 3.21. The van der Waals surface area contributed by atoms with E-state index in [2.05, 4.69) is 240 Å². The molecule has 376 valence electrons. The minimum atomic E-state index is -2.62. The molecule has 5 heteroatoms. The van der Waals surface area contributed by atoms with Crippen LogP contribution in [0.25, 0.3) is 32.7 Å². The van der Waals surface area contributed by atoms with Crippen molar-refractivity contribution in [1.29, 1.82) is 0 Å². The van der Waals surface area contributed by atoms with Crippen LogP contribution in [0.3, 0.4) is 0 Å². The highest BCUT2D eigenvalue weighted by Crippen LogP contribution is 2.51. The summed E-state index contributed by atoms with van der Waals surface area (Å²) >= 11 is 0. The van der Waals surface area contributed by atoms with Gasteiger partial charge in [-0.3, -0.25) is 0 Å². The van der Waals surface area contributed by atoms with E-state index < -0.39 is 8.60 Å². The number of aryl methyl sites for hydroxylation is 1. The van der Waals surface area contributed by atoms with Gasteiger partial charge in [0.2, 0.25) is 0 Å². The van der Waals surface area contributed by atoms with Gasteiger partial charge in [-0.15, -0.1) is 0 Å². The maximum Gasteiger partial charge on any atom is 0.324 e. The Balaban J connectivity index is 0.00000242. The third-order valence-corrected chi connectivity index (χ3v) is 18.7. The predicted molar refractivity (Wildman–Crippen MR) is 299 cm³/mol. The highest BCUT2D eigenvalue weighted by molar-refractivity contribution is 7.38. The Hall–Kier alpha value is -3.27. The highest BCUT2D eigenvalue weighted by Gasteiger charge is 2.37. The van der Waals surface area contributed by atoms with Crippen LogP contribution in [-0.2, 0) is 32.5 Å². The summed E-state index contributed by atoms with van der Waals surface area (Å²) in [5.41, 5.74) is 11.7. The van der Waals surface area contributed by atoms with E-state index in [4.69, 9.17) is 19.4 Å². The molecule has 0 saturated heterocycles. The summed E-state index contributed by atoms with van der Waals surface area (Å²) in [5, 5.41) is 5.29. The molecule has 68 heavy (non-hydrogen) atoms. The number of fused-ring (bicyclic) bond motifs is 2. The third-order valence-electron chi connectivity index (χ3n) is 18.7. The predicted octanol–water partition coefficient (Wildman–Crippen LogP) is 18.6. The van der Waals surface area contributed by atoms with Gasteiger partial charge in [0, 0.05) is 11.1 Å². The van der Waals surface area contributed by atoms with Crippen LogP contribution >= 0.6 is 8.60 Å². The highest BCUT2D eigenvalue weighted by atomic mass is 31.2. The fourth-order valence-corrected chi connectivity index (χ4v) is 8.93. The van der Waals surface area contributed by atoms with E-state index >= 15 is 0 Å². The number of benzene rings is 5. The lowest BCUT2D eigenvalue weighted by Crippen LogP contribution is -2.29. The van der Waals surface area contributed by atoms with Crippen molar-refractivity contribution in [3.05, 3.63) is 106 Å². The molecule has 5 aromatic carbocycles. The van der Waals surface area contributed by atoms with E-state index in [1.165, 1.54) is 66.1 Å². The van der Waals surface area contributed by atoms with Crippen LogP contribution in [0.1, 0.15) is 205 Å². The van der Waals surface area contributed by atoms with Gasteiger partial charge in [-0.2, -0.15) is 0 Å². The van der Waals surface area contributed by atoms with E-state index in [-0.39, 0.29) is 32.5 Å². The van der Waals surface area contributed by atoms with E-state index in [0.29, 0.717) is 35.5 Å². The molecular weight excluding hydrogens is 852 g/mol. The summed E-state index contributed by atoms with van der Waals surface area (Å²) in [7, 11) is -2.62. The first-order chi connectivity index (χ1) is 30.8. The van der Waals surface area contributed by atoms with Crippen LogP contribution in [0.4, 0.5) is 0 Å². The van der Waals surface area contributed by atoms with Crippen LogP contribution < -0.4 is 4.74 Å². The zero-order valence-electron chi connectivity index (χ0n) is 47.5. The first kappa shape index (κ1) is 57.3.